The molecule has 3 rings (SSSR count). The number of aliphatic hydroxyl groups excluding tert-OH is 1. The molecule has 1 aromatic heterocycles. The highest BCUT2D eigenvalue weighted by atomic mass is 79.9. The van der Waals surface area contributed by atoms with Crippen LogP contribution in [0.1, 0.15) is 43.0 Å². The second-order valence-corrected chi connectivity index (χ2v) is 7.63. The van der Waals surface area contributed by atoms with Crippen LogP contribution in [-0.4, -0.2) is 34.8 Å². The van der Waals surface area contributed by atoms with Gasteiger partial charge in [-0.25, -0.2) is 4.98 Å². The molecule has 0 aliphatic carbocycles. The van der Waals surface area contributed by atoms with E-state index in [4.69, 9.17) is 10.1 Å². The first-order chi connectivity index (χ1) is 12.1. The van der Waals surface area contributed by atoms with Gasteiger partial charge in [-0.05, 0) is 42.0 Å². The standard InChI is InChI=1S/C19H25BrN4O/c1-13(2)17-11-18(23-19(22-17)21-7-3-9-25)24-8-6-14-4-5-16(20)10-15(14)12-24/h4-5,10-11,13,25H,3,6-9,12H2,1-2H3,(H,21,22,23). The van der Waals surface area contributed by atoms with Crippen LogP contribution in [-0.2, 0) is 13.0 Å². The molecule has 5 nitrogen and oxygen atoms in total. The number of fused-ring (bicyclic) bond motifs is 1. The number of halogens is 1. The fourth-order valence-corrected chi connectivity index (χ4v) is 3.40. The minimum absolute atomic E-state index is 0.168. The van der Waals surface area contributed by atoms with Gasteiger partial charge in [0.05, 0.1) is 5.69 Å². The largest absolute Gasteiger partial charge is 0.396 e. The van der Waals surface area contributed by atoms with Crippen molar-refractivity contribution in [3.8, 4) is 0 Å². The molecule has 2 heterocycles. The van der Waals surface area contributed by atoms with Crippen LogP contribution in [0.25, 0.3) is 0 Å². The van der Waals surface area contributed by atoms with E-state index in [-0.39, 0.29) is 6.61 Å². The van der Waals surface area contributed by atoms with Crippen molar-refractivity contribution in [3.05, 3.63) is 45.6 Å². The number of nitrogens with one attached hydrogen (secondary N) is 1. The highest BCUT2D eigenvalue weighted by molar-refractivity contribution is 9.10. The summed E-state index contributed by atoms with van der Waals surface area (Å²) >= 11 is 3.57. The number of aliphatic hydroxyl groups is 1. The fraction of sp³-hybridized carbons (Fsp3) is 0.474. The summed E-state index contributed by atoms with van der Waals surface area (Å²) in [5.74, 6) is 1.96. The molecule has 2 N–H and O–H groups in total. The van der Waals surface area contributed by atoms with Crippen LogP contribution in [0.5, 0.6) is 0 Å². The maximum absolute atomic E-state index is 8.97. The summed E-state index contributed by atoms with van der Waals surface area (Å²) in [6, 6.07) is 8.62. The van der Waals surface area contributed by atoms with E-state index in [1.807, 2.05) is 0 Å². The summed E-state index contributed by atoms with van der Waals surface area (Å²) in [7, 11) is 0. The number of rotatable bonds is 6. The highest BCUT2D eigenvalue weighted by Crippen LogP contribution is 2.28. The maximum atomic E-state index is 8.97. The Morgan fingerprint density at radius 3 is 2.84 bits per heavy atom. The van der Waals surface area contributed by atoms with E-state index in [9.17, 15) is 0 Å². The molecule has 0 atom stereocenters. The van der Waals surface area contributed by atoms with Gasteiger partial charge in [0.25, 0.3) is 0 Å². The molecule has 0 radical (unpaired) electrons. The van der Waals surface area contributed by atoms with Gasteiger partial charge in [-0.15, -0.1) is 0 Å². The molecule has 6 heteroatoms. The predicted octanol–water partition coefficient (Wildman–Crippen LogP) is 3.72. The molecular formula is C19H25BrN4O. The van der Waals surface area contributed by atoms with Crippen molar-refractivity contribution in [3.63, 3.8) is 0 Å². The molecule has 1 aromatic carbocycles. The number of nitrogens with zero attached hydrogens (tertiary/aromatic N) is 3. The Morgan fingerprint density at radius 1 is 1.24 bits per heavy atom. The maximum Gasteiger partial charge on any atom is 0.224 e. The molecule has 0 fully saturated rings. The number of anilines is 2. The summed E-state index contributed by atoms with van der Waals surface area (Å²) in [6.45, 7) is 6.95. The summed E-state index contributed by atoms with van der Waals surface area (Å²) in [6.07, 6.45) is 1.71. The minimum atomic E-state index is 0.168. The van der Waals surface area contributed by atoms with Crippen LogP contribution in [0, 0.1) is 0 Å². The molecule has 1 aliphatic rings. The van der Waals surface area contributed by atoms with E-state index < -0.39 is 0 Å². The molecule has 0 saturated carbocycles. The van der Waals surface area contributed by atoms with Gasteiger partial charge in [0.15, 0.2) is 0 Å². The van der Waals surface area contributed by atoms with Gasteiger partial charge >= 0.3 is 0 Å². The van der Waals surface area contributed by atoms with Gasteiger partial charge < -0.3 is 15.3 Å². The summed E-state index contributed by atoms with van der Waals surface area (Å²) < 4.78 is 1.12. The minimum Gasteiger partial charge on any atom is -0.396 e. The van der Waals surface area contributed by atoms with E-state index in [1.54, 1.807) is 0 Å². The Morgan fingerprint density at radius 2 is 2.08 bits per heavy atom. The lowest BCUT2D eigenvalue weighted by Crippen LogP contribution is -2.31. The lowest BCUT2D eigenvalue weighted by Gasteiger charge is -2.30. The number of hydrogen-bond donors (Lipinski definition) is 2. The second-order valence-electron chi connectivity index (χ2n) is 6.72. The van der Waals surface area contributed by atoms with Crippen molar-refractivity contribution in [2.24, 2.45) is 0 Å². The van der Waals surface area contributed by atoms with Gasteiger partial charge in [-0.1, -0.05) is 35.8 Å². The third-order valence-corrected chi connectivity index (χ3v) is 4.94. The van der Waals surface area contributed by atoms with Crippen molar-refractivity contribution >= 4 is 27.7 Å². The summed E-state index contributed by atoms with van der Waals surface area (Å²) in [5, 5.41) is 12.2. The van der Waals surface area contributed by atoms with Crippen molar-refractivity contribution in [1.29, 1.82) is 0 Å². The van der Waals surface area contributed by atoms with Crippen LogP contribution in [0.4, 0.5) is 11.8 Å². The van der Waals surface area contributed by atoms with Gasteiger partial charge in [-0.2, -0.15) is 4.98 Å². The zero-order chi connectivity index (χ0) is 17.8. The van der Waals surface area contributed by atoms with Crippen LogP contribution >= 0.6 is 15.9 Å². The smallest absolute Gasteiger partial charge is 0.224 e. The zero-order valence-electron chi connectivity index (χ0n) is 14.8. The quantitative estimate of drug-likeness (QED) is 0.718. The fourth-order valence-electron chi connectivity index (χ4n) is 2.99. The topological polar surface area (TPSA) is 61.3 Å². The van der Waals surface area contributed by atoms with Crippen LogP contribution < -0.4 is 10.2 Å². The molecule has 2 aromatic rings. The zero-order valence-corrected chi connectivity index (χ0v) is 16.4. The number of benzene rings is 1. The van der Waals surface area contributed by atoms with Crippen molar-refractivity contribution in [1.82, 2.24) is 9.97 Å². The SMILES string of the molecule is CC(C)c1cc(N2CCc3ccc(Br)cc3C2)nc(NCCCO)n1. The van der Waals surface area contributed by atoms with Crippen molar-refractivity contribution in [2.75, 3.05) is 29.9 Å². The number of hydrogen-bond acceptors (Lipinski definition) is 5. The highest BCUT2D eigenvalue weighted by Gasteiger charge is 2.19. The normalized spacial score (nSPS) is 13.9. The Hall–Kier alpha value is -1.66. The Balaban J connectivity index is 1.85. The monoisotopic (exact) mass is 404 g/mol. The lowest BCUT2D eigenvalue weighted by atomic mass is 10.00. The molecule has 0 bridgehead atoms. The van der Waals surface area contributed by atoms with Crippen molar-refractivity contribution < 1.29 is 5.11 Å². The molecule has 25 heavy (non-hydrogen) atoms. The Bertz CT molecular complexity index is 735. The molecule has 0 saturated heterocycles. The van der Waals surface area contributed by atoms with Crippen LogP contribution in [0.2, 0.25) is 0 Å². The summed E-state index contributed by atoms with van der Waals surface area (Å²) in [4.78, 5) is 11.7. The molecular weight excluding hydrogens is 380 g/mol. The number of aromatic nitrogens is 2. The first-order valence-electron chi connectivity index (χ1n) is 8.83. The Kier molecular flexibility index (Phi) is 5.91. The molecule has 0 unspecified atom stereocenters. The van der Waals surface area contributed by atoms with Gasteiger partial charge in [0, 0.05) is 36.8 Å². The lowest BCUT2D eigenvalue weighted by molar-refractivity contribution is 0.292. The van der Waals surface area contributed by atoms with Crippen LogP contribution in [0.3, 0.4) is 0 Å². The van der Waals surface area contributed by atoms with E-state index in [0.29, 0.717) is 24.8 Å². The van der Waals surface area contributed by atoms with E-state index in [2.05, 4.69) is 69.2 Å². The van der Waals surface area contributed by atoms with E-state index in [1.165, 1.54) is 11.1 Å². The van der Waals surface area contributed by atoms with Gasteiger partial charge in [-0.3, -0.25) is 0 Å². The molecule has 134 valence electrons. The average molecular weight is 405 g/mol. The summed E-state index contributed by atoms with van der Waals surface area (Å²) in [5.41, 5.74) is 3.80. The van der Waals surface area contributed by atoms with E-state index >= 15 is 0 Å². The van der Waals surface area contributed by atoms with Crippen molar-refractivity contribution in [2.45, 2.75) is 39.2 Å². The van der Waals surface area contributed by atoms with Gasteiger partial charge in [0.2, 0.25) is 5.95 Å². The first kappa shape index (κ1) is 18.1. The van der Waals surface area contributed by atoms with E-state index in [0.717, 1.165) is 35.5 Å². The Labute approximate surface area is 157 Å². The second kappa shape index (κ2) is 8.15. The average Bonchev–Trinajstić information content (AvgIpc) is 2.61. The predicted molar refractivity (Wildman–Crippen MR) is 105 cm³/mol. The third-order valence-electron chi connectivity index (χ3n) is 4.45. The first-order valence-corrected chi connectivity index (χ1v) is 9.62. The third kappa shape index (κ3) is 4.50. The molecule has 0 amide bonds. The molecule has 0 spiro atoms. The van der Waals surface area contributed by atoms with Gasteiger partial charge in [0.1, 0.15) is 5.82 Å². The molecule has 1 aliphatic heterocycles. The van der Waals surface area contributed by atoms with Crippen LogP contribution in [0.15, 0.2) is 28.7 Å².